The summed E-state index contributed by atoms with van der Waals surface area (Å²) in [4.78, 5) is 4.86. The fourth-order valence-electron chi connectivity index (χ4n) is 2.64. The van der Waals surface area contributed by atoms with E-state index in [0.29, 0.717) is 21.4 Å². The van der Waals surface area contributed by atoms with Crippen LogP contribution in [0.25, 0.3) is 22.2 Å². The fraction of sp³-hybridized carbons (Fsp3) is 0.0526. The number of halogens is 1. The smallest absolute Gasteiger partial charge is 0.269 e. The van der Waals surface area contributed by atoms with Crippen molar-refractivity contribution in [3.8, 4) is 22.2 Å². The molecule has 0 unspecified atom stereocenters. The topological polar surface area (TPSA) is 76.3 Å². The summed E-state index contributed by atoms with van der Waals surface area (Å²) in [5, 5.41) is 6.11. The van der Waals surface area contributed by atoms with Gasteiger partial charge in [0, 0.05) is 17.6 Å². The Hall–Kier alpha value is -2.68. The predicted molar refractivity (Wildman–Crippen MR) is 110 cm³/mol. The summed E-state index contributed by atoms with van der Waals surface area (Å²) in [6.07, 6.45) is 0. The Morgan fingerprint density at radius 2 is 1.86 bits per heavy atom. The van der Waals surface area contributed by atoms with E-state index in [-0.39, 0.29) is 10.8 Å². The molecule has 6 nitrogen and oxygen atoms in total. The van der Waals surface area contributed by atoms with Crippen molar-refractivity contribution in [2.45, 2.75) is 4.90 Å². The molecule has 2 aromatic carbocycles. The second-order valence-electron chi connectivity index (χ2n) is 5.86. The average Bonchev–Trinajstić information content (AvgIpc) is 3.37. The highest BCUT2D eigenvalue weighted by Crippen LogP contribution is 2.35. The summed E-state index contributed by atoms with van der Waals surface area (Å²) in [7, 11) is -2.36. The van der Waals surface area contributed by atoms with Crippen LogP contribution in [0.15, 0.2) is 75.5 Å². The van der Waals surface area contributed by atoms with Crippen molar-refractivity contribution >= 4 is 38.6 Å². The lowest BCUT2D eigenvalue weighted by Gasteiger charge is -2.19. The number of benzene rings is 2. The molecule has 28 heavy (non-hydrogen) atoms. The normalized spacial score (nSPS) is 11.5. The van der Waals surface area contributed by atoms with Crippen LogP contribution < -0.4 is 4.31 Å². The van der Waals surface area contributed by atoms with E-state index < -0.39 is 10.0 Å². The molecule has 0 amide bonds. The molecule has 0 atom stereocenters. The van der Waals surface area contributed by atoms with E-state index in [1.165, 1.54) is 28.8 Å². The lowest BCUT2D eigenvalue weighted by molar-refractivity contribution is 0.432. The number of rotatable bonds is 5. The first-order chi connectivity index (χ1) is 13.5. The van der Waals surface area contributed by atoms with E-state index in [0.717, 1.165) is 5.56 Å². The van der Waals surface area contributed by atoms with Gasteiger partial charge in [0.2, 0.25) is 5.82 Å². The van der Waals surface area contributed by atoms with Gasteiger partial charge < -0.3 is 4.52 Å². The molecule has 0 fully saturated rings. The standard InChI is InChI=1S/C19H14ClN3O3S2/c1-23(15-9-5-8-14(20)12-15)28(24,25)16-10-11-27-17(16)19-21-18(22-26-19)13-6-3-2-4-7-13/h2-12H,1H3. The second kappa shape index (κ2) is 7.38. The largest absolute Gasteiger partial charge is 0.333 e. The molecule has 0 aliphatic rings. The van der Waals surface area contributed by atoms with Crippen LogP contribution in [0.5, 0.6) is 0 Å². The fourth-order valence-corrected chi connectivity index (χ4v) is 5.32. The molecule has 0 bridgehead atoms. The summed E-state index contributed by atoms with van der Waals surface area (Å²) in [5.41, 5.74) is 1.25. The Morgan fingerprint density at radius 3 is 2.61 bits per heavy atom. The predicted octanol–water partition coefficient (Wildman–Crippen LogP) is 4.94. The van der Waals surface area contributed by atoms with E-state index >= 15 is 0 Å². The molecule has 4 rings (SSSR count). The number of nitrogens with zero attached hydrogens (tertiary/aromatic N) is 3. The minimum Gasteiger partial charge on any atom is -0.333 e. The van der Waals surface area contributed by atoms with Crippen molar-refractivity contribution < 1.29 is 12.9 Å². The molecule has 0 aliphatic carbocycles. The maximum Gasteiger partial charge on any atom is 0.269 e. The van der Waals surface area contributed by atoms with Crippen molar-refractivity contribution in [2.24, 2.45) is 0 Å². The molecule has 9 heteroatoms. The van der Waals surface area contributed by atoms with Gasteiger partial charge in [-0.15, -0.1) is 11.3 Å². The zero-order chi connectivity index (χ0) is 19.7. The number of sulfonamides is 1. The quantitative estimate of drug-likeness (QED) is 0.447. The summed E-state index contributed by atoms with van der Waals surface area (Å²) >= 11 is 7.22. The van der Waals surface area contributed by atoms with Gasteiger partial charge in [-0.25, -0.2) is 8.42 Å². The van der Waals surface area contributed by atoms with Gasteiger partial charge in [-0.05, 0) is 29.6 Å². The maximum atomic E-state index is 13.2. The first-order valence-electron chi connectivity index (χ1n) is 8.18. The van der Waals surface area contributed by atoms with Gasteiger partial charge in [0.05, 0.1) is 5.69 Å². The van der Waals surface area contributed by atoms with Gasteiger partial charge in [0.25, 0.3) is 15.9 Å². The highest BCUT2D eigenvalue weighted by atomic mass is 35.5. The molecular weight excluding hydrogens is 418 g/mol. The number of hydrogen-bond donors (Lipinski definition) is 0. The number of aromatic nitrogens is 2. The minimum absolute atomic E-state index is 0.100. The first-order valence-corrected chi connectivity index (χ1v) is 10.9. The Bertz CT molecular complexity index is 1220. The maximum absolute atomic E-state index is 13.2. The van der Waals surface area contributed by atoms with Crippen LogP contribution >= 0.6 is 22.9 Å². The Labute approximate surface area is 171 Å². The van der Waals surface area contributed by atoms with Crippen molar-refractivity contribution in [1.82, 2.24) is 10.1 Å². The van der Waals surface area contributed by atoms with Gasteiger partial charge in [-0.2, -0.15) is 4.98 Å². The number of hydrogen-bond acceptors (Lipinski definition) is 6. The zero-order valence-corrected chi connectivity index (χ0v) is 17.0. The highest BCUT2D eigenvalue weighted by molar-refractivity contribution is 7.93. The van der Waals surface area contributed by atoms with Gasteiger partial charge >= 0.3 is 0 Å². The molecular formula is C19H14ClN3O3S2. The highest BCUT2D eigenvalue weighted by Gasteiger charge is 2.28. The SMILES string of the molecule is CN(c1cccc(Cl)c1)S(=O)(=O)c1ccsc1-c1nc(-c2ccccc2)no1. The second-order valence-corrected chi connectivity index (χ2v) is 9.15. The third-order valence-electron chi connectivity index (χ3n) is 4.09. The third-order valence-corrected chi connectivity index (χ3v) is 7.19. The van der Waals surface area contributed by atoms with E-state index in [9.17, 15) is 8.42 Å². The van der Waals surface area contributed by atoms with E-state index in [2.05, 4.69) is 10.1 Å². The molecule has 0 saturated carbocycles. The van der Waals surface area contributed by atoms with Crippen molar-refractivity contribution in [3.63, 3.8) is 0 Å². The Morgan fingerprint density at radius 1 is 1.07 bits per heavy atom. The number of anilines is 1. The molecule has 142 valence electrons. The minimum atomic E-state index is -3.84. The molecule has 4 aromatic rings. The van der Waals surface area contributed by atoms with Crippen LogP contribution in [0.1, 0.15) is 0 Å². The van der Waals surface area contributed by atoms with E-state index in [4.69, 9.17) is 16.1 Å². The monoisotopic (exact) mass is 431 g/mol. The average molecular weight is 432 g/mol. The van der Waals surface area contributed by atoms with Crippen molar-refractivity contribution in [3.05, 3.63) is 71.1 Å². The van der Waals surface area contributed by atoms with Crippen molar-refractivity contribution in [2.75, 3.05) is 11.4 Å². The lowest BCUT2D eigenvalue weighted by atomic mass is 10.2. The summed E-state index contributed by atoms with van der Waals surface area (Å²) in [5.74, 6) is 0.558. The molecule has 2 heterocycles. The number of thiophene rings is 1. The van der Waals surface area contributed by atoms with Gasteiger partial charge in [0.1, 0.15) is 9.77 Å². The van der Waals surface area contributed by atoms with Crippen molar-refractivity contribution in [1.29, 1.82) is 0 Å². The van der Waals surface area contributed by atoms with Gasteiger partial charge in [0.15, 0.2) is 0 Å². The van der Waals surface area contributed by atoms with E-state index in [1.54, 1.807) is 29.6 Å². The Kier molecular flexibility index (Phi) is 4.92. The Balaban J connectivity index is 1.72. The van der Waals surface area contributed by atoms with Crippen LogP contribution in [-0.2, 0) is 10.0 Å². The van der Waals surface area contributed by atoms with Crippen LogP contribution in [0.4, 0.5) is 5.69 Å². The lowest BCUT2D eigenvalue weighted by Crippen LogP contribution is -2.26. The molecule has 0 N–H and O–H groups in total. The van der Waals surface area contributed by atoms with Gasteiger partial charge in [-0.1, -0.05) is 53.2 Å². The summed E-state index contributed by atoms with van der Waals surface area (Å²) < 4.78 is 32.9. The first kappa shape index (κ1) is 18.7. The molecule has 2 aromatic heterocycles. The molecule has 0 saturated heterocycles. The summed E-state index contributed by atoms with van der Waals surface area (Å²) in [6.45, 7) is 0. The van der Waals surface area contributed by atoms with Crippen LogP contribution in [-0.4, -0.2) is 25.6 Å². The molecule has 0 spiro atoms. The van der Waals surface area contributed by atoms with E-state index in [1.807, 2.05) is 30.3 Å². The zero-order valence-electron chi connectivity index (χ0n) is 14.6. The van der Waals surface area contributed by atoms with Crippen LogP contribution in [0.3, 0.4) is 0 Å². The third kappa shape index (κ3) is 3.42. The van der Waals surface area contributed by atoms with Crippen LogP contribution in [0.2, 0.25) is 5.02 Å². The van der Waals surface area contributed by atoms with Crippen LogP contribution in [0, 0.1) is 0 Å². The molecule has 0 aliphatic heterocycles. The summed E-state index contributed by atoms with van der Waals surface area (Å²) in [6, 6.07) is 17.5. The molecule has 0 radical (unpaired) electrons. The van der Waals surface area contributed by atoms with Gasteiger partial charge in [-0.3, -0.25) is 4.31 Å².